The third-order valence-electron chi connectivity index (χ3n) is 8.37. The molecular formula is C32H40N6O. The largest absolute Gasteiger partial charge is 0.340 e. The van der Waals surface area contributed by atoms with Crippen LogP contribution in [0.5, 0.6) is 0 Å². The summed E-state index contributed by atoms with van der Waals surface area (Å²) in [6.07, 6.45) is 5.36. The molecule has 0 bridgehead atoms. The summed E-state index contributed by atoms with van der Waals surface area (Å²) < 4.78 is 2.55. The molecule has 7 heteroatoms. The van der Waals surface area contributed by atoms with Crippen LogP contribution in [-0.4, -0.2) is 65.6 Å². The monoisotopic (exact) mass is 524 g/mol. The zero-order chi connectivity index (χ0) is 27.3. The van der Waals surface area contributed by atoms with Gasteiger partial charge in [-0.1, -0.05) is 32.9 Å². The number of nitrogens with one attached hydrogen (secondary N) is 1. The molecular weight excluding hydrogens is 484 g/mol. The quantitative estimate of drug-likeness (QED) is 0.441. The van der Waals surface area contributed by atoms with Crippen molar-refractivity contribution in [1.29, 1.82) is 0 Å². The number of hydrazine groups is 1. The van der Waals surface area contributed by atoms with Gasteiger partial charge in [0.1, 0.15) is 0 Å². The summed E-state index contributed by atoms with van der Waals surface area (Å²) >= 11 is 0. The number of aryl methyl sites for hydroxylation is 2. The van der Waals surface area contributed by atoms with E-state index in [2.05, 4.69) is 91.1 Å². The molecule has 1 N–H and O–H groups in total. The van der Waals surface area contributed by atoms with Gasteiger partial charge in [0.15, 0.2) is 0 Å². The molecule has 7 nitrogen and oxygen atoms in total. The van der Waals surface area contributed by atoms with Crippen molar-refractivity contribution in [3.05, 3.63) is 64.8 Å². The van der Waals surface area contributed by atoms with Gasteiger partial charge in [0.05, 0.1) is 30.0 Å². The number of likely N-dealkylation sites (N-methyl/N-ethyl adjacent to an activating group) is 1. The number of aromatic nitrogens is 2. The van der Waals surface area contributed by atoms with Gasteiger partial charge in [-0.05, 0) is 67.6 Å². The SMILES string of the molecule is CCc1ccc(-c2cc(N3CC4=C(CN(C=O)C4)N3C)cc3cc(C4=CCCNC4)n(CC(C)C)c23)c(C)n1. The van der Waals surface area contributed by atoms with E-state index in [-0.39, 0.29) is 0 Å². The smallest absolute Gasteiger partial charge is 0.210 e. The van der Waals surface area contributed by atoms with E-state index in [0.29, 0.717) is 19.0 Å². The Labute approximate surface area is 231 Å². The van der Waals surface area contributed by atoms with Crippen LogP contribution in [-0.2, 0) is 17.8 Å². The Morgan fingerprint density at radius 1 is 1.10 bits per heavy atom. The highest BCUT2D eigenvalue weighted by molar-refractivity contribution is 6.00. The number of pyridine rings is 1. The normalized spacial score (nSPS) is 17.6. The third kappa shape index (κ3) is 4.52. The summed E-state index contributed by atoms with van der Waals surface area (Å²) in [6, 6.07) is 11.6. The fourth-order valence-electron chi connectivity index (χ4n) is 6.45. The Bertz CT molecular complexity index is 1500. The van der Waals surface area contributed by atoms with Crippen LogP contribution in [0.4, 0.5) is 5.69 Å². The van der Waals surface area contributed by atoms with Crippen LogP contribution in [0.2, 0.25) is 0 Å². The van der Waals surface area contributed by atoms with Gasteiger partial charge in [-0.25, -0.2) is 0 Å². The van der Waals surface area contributed by atoms with Crippen molar-refractivity contribution in [2.45, 2.75) is 47.1 Å². The first-order valence-electron chi connectivity index (χ1n) is 14.3. The van der Waals surface area contributed by atoms with E-state index in [0.717, 1.165) is 56.8 Å². The standard InChI is InChI=1S/C32H40N6O/c1-6-26-9-10-28(22(4)34-26)29-14-27(38-18-25-17-36(20-39)19-31(25)35(38)5)12-24-13-30(23-8-7-11-33-15-23)37(32(24)29)16-21(2)3/h8-10,12-14,20-21,33H,6-7,11,15-19H2,1-5H3. The molecule has 3 aliphatic heterocycles. The molecule has 0 radical (unpaired) electrons. The average Bonchev–Trinajstić information content (AvgIpc) is 3.60. The van der Waals surface area contributed by atoms with Gasteiger partial charge in [-0.15, -0.1) is 0 Å². The molecule has 0 fully saturated rings. The lowest BCUT2D eigenvalue weighted by molar-refractivity contribution is -0.117. The number of anilines is 1. The average molecular weight is 525 g/mol. The number of benzene rings is 1. The minimum atomic E-state index is 0.517. The maximum absolute atomic E-state index is 11.4. The van der Waals surface area contributed by atoms with Gasteiger partial charge in [-0.2, -0.15) is 0 Å². The number of amides is 1. The molecule has 0 atom stereocenters. The first-order valence-corrected chi connectivity index (χ1v) is 14.3. The molecule has 0 saturated carbocycles. The number of rotatable bonds is 7. The summed E-state index contributed by atoms with van der Waals surface area (Å²) in [5.41, 5.74) is 12.4. The molecule has 0 spiro atoms. The lowest BCUT2D eigenvalue weighted by atomic mass is 9.99. The molecule has 0 aliphatic carbocycles. The lowest BCUT2D eigenvalue weighted by Gasteiger charge is -2.32. The predicted molar refractivity (Wildman–Crippen MR) is 159 cm³/mol. The van der Waals surface area contributed by atoms with E-state index < -0.39 is 0 Å². The Hall–Kier alpha value is -3.58. The molecule has 3 aliphatic rings. The molecule has 6 rings (SSSR count). The summed E-state index contributed by atoms with van der Waals surface area (Å²) in [4.78, 5) is 18.2. The van der Waals surface area contributed by atoms with Crippen molar-refractivity contribution >= 4 is 28.6 Å². The van der Waals surface area contributed by atoms with Gasteiger partial charge in [0.25, 0.3) is 0 Å². The summed E-state index contributed by atoms with van der Waals surface area (Å²) in [6.45, 7) is 14.0. The molecule has 0 saturated heterocycles. The molecule has 0 unspecified atom stereocenters. The van der Waals surface area contributed by atoms with Gasteiger partial charge in [0.2, 0.25) is 6.41 Å². The Morgan fingerprint density at radius 3 is 2.62 bits per heavy atom. The molecule has 2 aromatic heterocycles. The van der Waals surface area contributed by atoms with E-state index >= 15 is 0 Å². The molecule has 5 heterocycles. The second kappa shape index (κ2) is 10.2. The van der Waals surface area contributed by atoms with Crippen molar-refractivity contribution in [3.8, 4) is 11.1 Å². The summed E-state index contributed by atoms with van der Waals surface area (Å²) in [5.74, 6) is 0.517. The molecule has 204 valence electrons. The fraction of sp³-hybridized carbons (Fsp3) is 0.438. The van der Waals surface area contributed by atoms with Crippen molar-refractivity contribution in [2.75, 3.05) is 44.8 Å². The second-order valence-corrected chi connectivity index (χ2v) is 11.6. The third-order valence-corrected chi connectivity index (χ3v) is 8.37. The van der Waals surface area contributed by atoms with E-state index in [1.54, 1.807) is 0 Å². The van der Waals surface area contributed by atoms with Crippen molar-refractivity contribution in [1.82, 2.24) is 24.8 Å². The minimum Gasteiger partial charge on any atom is -0.340 e. The number of carbonyl (C=O) groups is 1. The molecule has 39 heavy (non-hydrogen) atoms. The first kappa shape index (κ1) is 25.7. The van der Waals surface area contributed by atoms with Crippen molar-refractivity contribution in [3.63, 3.8) is 0 Å². The zero-order valence-corrected chi connectivity index (χ0v) is 23.9. The maximum Gasteiger partial charge on any atom is 0.210 e. The Morgan fingerprint density at radius 2 is 1.95 bits per heavy atom. The zero-order valence-electron chi connectivity index (χ0n) is 23.9. The highest BCUT2D eigenvalue weighted by Crippen LogP contribution is 2.41. The van der Waals surface area contributed by atoms with Crippen LogP contribution in [0.15, 0.2) is 47.7 Å². The van der Waals surface area contributed by atoms with Crippen LogP contribution < -0.4 is 10.3 Å². The summed E-state index contributed by atoms with van der Waals surface area (Å²) in [7, 11) is 2.12. The van der Waals surface area contributed by atoms with Gasteiger partial charge in [0, 0.05) is 60.3 Å². The molecule has 1 aromatic carbocycles. The Kier molecular flexibility index (Phi) is 6.71. The number of hydrogen-bond acceptors (Lipinski definition) is 5. The maximum atomic E-state index is 11.4. The number of hydrogen-bond donors (Lipinski definition) is 1. The van der Waals surface area contributed by atoms with Gasteiger partial charge >= 0.3 is 0 Å². The first-order chi connectivity index (χ1) is 18.9. The minimum absolute atomic E-state index is 0.517. The van der Waals surface area contributed by atoms with Crippen molar-refractivity contribution < 1.29 is 4.79 Å². The van der Waals surface area contributed by atoms with Crippen LogP contribution >= 0.6 is 0 Å². The van der Waals surface area contributed by atoms with Crippen LogP contribution in [0.25, 0.3) is 27.6 Å². The van der Waals surface area contributed by atoms with Crippen LogP contribution in [0.1, 0.15) is 44.3 Å². The van der Waals surface area contributed by atoms with Crippen LogP contribution in [0, 0.1) is 12.8 Å². The Balaban J connectivity index is 1.54. The topological polar surface area (TPSA) is 56.6 Å². The highest BCUT2D eigenvalue weighted by atomic mass is 16.1. The van der Waals surface area contributed by atoms with Crippen LogP contribution in [0.3, 0.4) is 0 Å². The number of carbonyl (C=O) groups excluding carboxylic acids is 1. The summed E-state index contributed by atoms with van der Waals surface area (Å²) in [5, 5.41) is 9.45. The van der Waals surface area contributed by atoms with E-state index in [1.165, 1.54) is 50.3 Å². The van der Waals surface area contributed by atoms with Crippen molar-refractivity contribution in [2.24, 2.45) is 5.92 Å². The number of nitrogens with zero attached hydrogens (tertiary/aromatic N) is 5. The van der Waals surface area contributed by atoms with E-state index in [9.17, 15) is 4.79 Å². The molecule has 1 amide bonds. The lowest BCUT2D eigenvalue weighted by Crippen LogP contribution is -2.38. The fourth-order valence-corrected chi connectivity index (χ4v) is 6.45. The van der Waals surface area contributed by atoms with Gasteiger partial charge < -0.3 is 14.8 Å². The second-order valence-electron chi connectivity index (χ2n) is 11.6. The number of fused-ring (bicyclic) bond motifs is 1. The highest BCUT2D eigenvalue weighted by Gasteiger charge is 2.34. The van der Waals surface area contributed by atoms with Gasteiger partial charge in [-0.3, -0.25) is 19.8 Å². The molecule has 3 aromatic rings. The van der Waals surface area contributed by atoms with E-state index in [4.69, 9.17) is 4.98 Å². The van der Waals surface area contributed by atoms with E-state index in [1.807, 2.05) is 4.90 Å². The predicted octanol–water partition coefficient (Wildman–Crippen LogP) is 5.00.